The van der Waals surface area contributed by atoms with Crippen molar-refractivity contribution in [1.82, 2.24) is 14.9 Å². The number of aromatic amines is 1. The molecule has 0 atom stereocenters. The van der Waals surface area contributed by atoms with E-state index >= 15 is 0 Å². The summed E-state index contributed by atoms with van der Waals surface area (Å²) in [6.45, 7) is 1.07. The molecule has 2 heterocycles. The maximum atomic E-state index is 12.8. The zero-order valence-electron chi connectivity index (χ0n) is 14.9. The van der Waals surface area contributed by atoms with Crippen LogP contribution in [-0.2, 0) is 19.4 Å². The molecule has 0 spiro atoms. The monoisotopic (exact) mass is 413 g/mol. The van der Waals surface area contributed by atoms with Crippen LogP contribution in [0.5, 0.6) is 0 Å². The molecule has 0 aliphatic carbocycles. The number of halogens is 2. The van der Waals surface area contributed by atoms with Gasteiger partial charge in [0.15, 0.2) is 0 Å². The van der Waals surface area contributed by atoms with Gasteiger partial charge in [-0.05, 0) is 35.2 Å². The molecular formula is C21H17Cl2N3O2. The molecule has 0 unspecified atom stereocenters. The van der Waals surface area contributed by atoms with Gasteiger partial charge >= 0.3 is 0 Å². The molecule has 1 aliphatic rings. The van der Waals surface area contributed by atoms with E-state index in [1.807, 2.05) is 18.2 Å². The van der Waals surface area contributed by atoms with Gasteiger partial charge in [0.1, 0.15) is 11.4 Å². The molecule has 3 aromatic rings. The highest BCUT2D eigenvalue weighted by atomic mass is 35.5. The first-order valence-electron chi connectivity index (χ1n) is 8.90. The number of aromatic nitrogens is 2. The second kappa shape index (κ2) is 7.78. The minimum Gasteiger partial charge on any atom is -0.334 e. The summed E-state index contributed by atoms with van der Waals surface area (Å²) < 4.78 is 0. The topological polar surface area (TPSA) is 66.1 Å². The Morgan fingerprint density at radius 1 is 1.07 bits per heavy atom. The fraction of sp³-hybridized carbons (Fsp3) is 0.190. The van der Waals surface area contributed by atoms with Crippen molar-refractivity contribution < 1.29 is 4.79 Å². The van der Waals surface area contributed by atoms with Crippen molar-refractivity contribution in [2.24, 2.45) is 0 Å². The summed E-state index contributed by atoms with van der Waals surface area (Å²) in [4.78, 5) is 34.0. The summed E-state index contributed by atoms with van der Waals surface area (Å²) in [5, 5.41) is 1.00. The van der Waals surface area contributed by atoms with Crippen LogP contribution in [0.1, 0.15) is 32.9 Å². The highest BCUT2D eigenvalue weighted by molar-refractivity contribution is 6.36. The molecule has 5 nitrogen and oxygen atoms in total. The molecule has 28 heavy (non-hydrogen) atoms. The highest BCUT2D eigenvalue weighted by Gasteiger charge is 2.24. The summed E-state index contributed by atoms with van der Waals surface area (Å²) in [6.07, 6.45) is 2.39. The minimum atomic E-state index is -0.461. The average Bonchev–Trinajstić information content (AvgIpc) is 2.70. The van der Waals surface area contributed by atoms with Crippen LogP contribution in [0.3, 0.4) is 0 Å². The number of benzene rings is 2. The van der Waals surface area contributed by atoms with Crippen LogP contribution in [0.4, 0.5) is 0 Å². The van der Waals surface area contributed by atoms with Gasteiger partial charge in [0.25, 0.3) is 11.5 Å². The number of H-pyrrole nitrogens is 1. The third-order valence-electron chi connectivity index (χ3n) is 4.91. The van der Waals surface area contributed by atoms with Crippen molar-refractivity contribution in [2.75, 3.05) is 6.54 Å². The molecule has 1 amide bonds. The zero-order chi connectivity index (χ0) is 19.7. The summed E-state index contributed by atoms with van der Waals surface area (Å²) in [6, 6.07) is 13.2. The maximum Gasteiger partial charge on any atom is 0.263 e. The largest absolute Gasteiger partial charge is 0.334 e. The van der Waals surface area contributed by atoms with E-state index in [4.69, 9.17) is 23.2 Å². The molecule has 0 bridgehead atoms. The molecular weight excluding hydrogens is 397 g/mol. The van der Waals surface area contributed by atoms with Gasteiger partial charge in [-0.2, -0.15) is 0 Å². The van der Waals surface area contributed by atoms with Crippen LogP contribution >= 0.6 is 23.2 Å². The number of carbonyl (C=O) groups excluding carboxylic acids is 1. The maximum absolute atomic E-state index is 12.8. The second-order valence-electron chi connectivity index (χ2n) is 6.70. The number of amides is 1. The lowest BCUT2D eigenvalue weighted by molar-refractivity contribution is 0.0732. The Morgan fingerprint density at radius 3 is 2.50 bits per heavy atom. The van der Waals surface area contributed by atoms with Crippen LogP contribution in [-0.4, -0.2) is 27.3 Å². The van der Waals surface area contributed by atoms with E-state index in [1.54, 1.807) is 23.1 Å². The van der Waals surface area contributed by atoms with Gasteiger partial charge < -0.3 is 9.88 Å². The van der Waals surface area contributed by atoms with Crippen molar-refractivity contribution in [3.63, 3.8) is 0 Å². The van der Waals surface area contributed by atoms with E-state index in [1.165, 1.54) is 11.8 Å². The third-order valence-corrected chi connectivity index (χ3v) is 5.61. The molecule has 4 rings (SSSR count). The fourth-order valence-electron chi connectivity index (χ4n) is 3.38. The molecule has 2 aromatic carbocycles. The van der Waals surface area contributed by atoms with Crippen LogP contribution in [0.2, 0.25) is 10.0 Å². The van der Waals surface area contributed by atoms with Crippen LogP contribution < -0.4 is 5.56 Å². The second-order valence-corrected chi connectivity index (χ2v) is 7.51. The van der Waals surface area contributed by atoms with Crippen molar-refractivity contribution in [1.29, 1.82) is 0 Å². The first kappa shape index (κ1) is 18.7. The molecule has 142 valence electrons. The smallest absolute Gasteiger partial charge is 0.263 e. The standard InChI is InChI=1S/C21H17Cl2N3O2/c22-17-6-3-7-18(23)15(17)10-19-24-11-16(20(27)25-19)21(28)26-9-8-13-4-1-2-5-14(13)12-26/h1-7,11H,8-10,12H2,(H,24,25,27). The number of nitrogens with zero attached hydrogens (tertiary/aromatic N) is 2. The van der Waals surface area contributed by atoms with Crippen LogP contribution in [0.15, 0.2) is 53.5 Å². The predicted molar refractivity (Wildman–Crippen MR) is 109 cm³/mol. The van der Waals surface area contributed by atoms with E-state index < -0.39 is 5.56 Å². The first-order valence-corrected chi connectivity index (χ1v) is 9.65. The molecule has 0 saturated heterocycles. The Kier molecular flexibility index (Phi) is 5.20. The van der Waals surface area contributed by atoms with E-state index in [9.17, 15) is 9.59 Å². The van der Waals surface area contributed by atoms with Crippen molar-refractivity contribution >= 4 is 29.1 Å². The van der Waals surface area contributed by atoms with Crippen LogP contribution in [0.25, 0.3) is 0 Å². The lowest BCUT2D eigenvalue weighted by atomic mass is 9.99. The van der Waals surface area contributed by atoms with E-state index in [0.717, 1.165) is 12.0 Å². The number of rotatable bonds is 3. The molecule has 1 aromatic heterocycles. The van der Waals surface area contributed by atoms with Crippen molar-refractivity contribution in [2.45, 2.75) is 19.4 Å². The molecule has 1 N–H and O–H groups in total. The number of hydrogen-bond acceptors (Lipinski definition) is 3. The average molecular weight is 414 g/mol. The quantitative estimate of drug-likeness (QED) is 0.708. The first-order chi connectivity index (χ1) is 13.5. The van der Waals surface area contributed by atoms with Crippen molar-refractivity contribution in [3.05, 3.63) is 97.1 Å². The van der Waals surface area contributed by atoms with Gasteiger partial charge in [-0.3, -0.25) is 9.59 Å². The molecule has 0 saturated carbocycles. The number of carbonyl (C=O) groups is 1. The van der Waals surface area contributed by atoms with Gasteiger partial charge in [0.2, 0.25) is 0 Å². The number of nitrogens with one attached hydrogen (secondary N) is 1. The summed E-state index contributed by atoms with van der Waals surface area (Å²) in [5.74, 6) is 0.0890. The van der Waals surface area contributed by atoms with Gasteiger partial charge in [-0.1, -0.05) is 53.5 Å². The lowest BCUT2D eigenvalue weighted by Crippen LogP contribution is -2.38. The van der Waals surface area contributed by atoms with Gasteiger partial charge in [-0.25, -0.2) is 4.98 Å². The summed E-state index contributed by atoms with van der Waals surface area (Å²) >= 11 is 12.4. The fourth-order valence-corrected chi connectivity index (χ4v) is 3.91. The number of hydrogen-bond donors (Lipinski definition) is 1. The summed E-state index contributed by atoms with van der Waals surface area (Å²) in [7, 11) is 0. The lowest BCUT2D eigenvalue weighted by Gasteiger charge is -2.28. The minimum absolute atomic E-state index is 0.0355. The predicted octanol–water partition coefficient (Wildman–Crippen LogP) is 3.87. The Balaban J connectivity index is 1.55. The molecule has 1 aliphatic heterocycles. The van der Waals surface area contributed by atoms with Crippen molar-refractivity contribution in [3.8, 4) is 0 Å². The van der Waals surface area contributed by atoms with Crippen LogP contribution in [0, 0.1) is 0 Å². The Bertz CT molecular complexity index is 1090. The zero-order valence-corrected chi connectivity index (χ0v) is 16.4. The van der Waals surface area contributed by atoms with E-state index in [2.05, 4.69) is 16.0 Å². The Morgan fingerprint density at radius 2 is 1.79 bits per heavy atom. The van der Waals surface area contributed by atoms with E-state index in [0.29, 0.717) is 34.5 Å². The third kappa shape index (κ3) is 3.68. The van der Waals surface area contributed by atoms with Gasteiger partial charge in [0.05, 0.1) is 0 Å². The molecule has 0 fully saturated rings. The normalized spacial score (nSPS) is 13.3. The molecule has 0 radical (unpaired) electrons. The van der Waals surface area contributed by atoms with E-state index in [-0.39, 0.29) is 17.9 Å². The number of fused-ring (bicyclic) bond motifs is 1. The summed E-state index contributed by atoms with van der Waals surface area (Å²) in [5.41, 5.74) is 2.60. The highest BCUT2D eigenvalue weighted by Crippen LogP contribution is 2.26. The van der Waals surface area contributed by atoms with Gasteiger partial charge in [-0.15, -0.1) is 0 Å². The Hall–Kier alpha value is -2.63. The van der Waals surface area contributed by atoms with Gasteiger partial charge in [0, 0.05) is 35.8 Å². The molecule has 7 heteroatoms. The Labute approximate surface area is 171 Å². The SMILES string of the molecule is O=C(c1cnc(Cc2c(Cl)cccc2Cl)[nH]c1=O)N1CCc2ccccc2C1.